The first-order valence-corrected chi connectivity index (χ1v) is 10.4. The highest BCUT2D eigenvalue weighted by molar-refractivity contribution is 5.63. The highest BCUT2D eigenvalue weighted by atomic mass is 15.4. The zero-order valence-electron chi connectivity index (χ0n) is 17.1. The van der Waals surface area contributed by atoms with E-state index in [0.717, 1.165) is 46.9 Å². The quantitative estimate of drug-likeness (QED) is 0.366. The Morgan fingerprint density at radius 3 is 2.87 bits per heavy atom. The number of pyridine rings is 2. The summed E-state index contributed by atoms with van der Waals surface area (Å²) in [5, 5.41) is 20.4. The third kappa shape index (κ3) is 4.25. The molecule has 1 saturated heterocycles. The number of nitrogens with zero attached hydrogens (tertiary/aromatic N) is 8. The second-order valence-electron chi connectivity index (χ2n) is 7.72. The molecule has 0 atom stereocenters. The maximum absolute atomic E-state index is 8.65. The molecule has 9 heteroatoms. The van der Waals surface area contributed by atoms with Gasteiger partial charge in [0, 0.05) is 43.8 Å². The van der Waals surface area contributed by atoms with Gasteiger partial charge < -0.3 is 14.6 Å². The Kier molecular flexibility index (Phi) is 5.29. The molecule has 1 aliphatic heterocycles. The lowest BCUT2D eigenvalue weighted by Gasteiger charge is -2.17. The van der Waals surface area contributed by atoms with Gasteiger partial charge >= 0.3 is 0 Å². The number of hydrogen-bond donors (Lipinski definition) is 1. The van der Waals surface area contributed by atoms with Crippen molar-refractivity contribution in [2.24, 2.45) is 0 Å². The number of imidazole rings is 1. The highest BCUT2D eigenvalue weighted by Crippen LogP contribution is 2.24. The molecule has 0 spiro atoms. The highest BCUT2D eigenvalue weighted by Gasteiger charge is 2.14. The number of fused-ring (bicyclic) bond motifs is 1. The topological polar surface area (TPSA) is 100.0 Å². The van der Waals surface area contributed by atoms with Crippen LogP contribution in [0.4, 0.5) is 5.69 Å². The van der Waals surface area contributed by atoms with Crippen molar-refractivity contribution in [1.29, 1.82) is 5.26 Å². The van der Waals surface area contributed by atoms with Crippen LogP contribution < -0.4 is 10.2 Å². The minimum Gasteiger partial charge on any atom is -0.370 e. The zero-order chi connectivity index (χ0) is 21.0. The van der Waals surface area contributed by atoms with Crippen LogP contribution in [-0.4, -0.2) is 49.0 Å². The summed E-state index contributed by atoms with van der Waals surface area (Å²) in [6, 6.07) is 8.22. The molecular formula is C22H23N9. The molecule has 156 valence electrons. The van der Waals surface area contributed by atoms with Gasteiger partial charge in [0.1, 0.15) is 11.3 Å². The third-order valence-corrected chi connectivity index (χ3v) is 5.45. The first kappa shape index (κ1) is 19.2. The fourth-order valence-electron chi connectivity index (χ4n) is 3.92. The fourth-order valence-corrected chi connectivity index (χ4v) is 3.92. The van der Waals surface area contributed by atoms with Gasteiger partial charge in [-0.15, -0.1) is 5.10 Å². The summed E-state index contributed by atoms with van der Waals surface area (Å²) >= 11 is 0. The number of hydrogen-bond acceptors (Lipinski definition) is 7. The van der Waals surface area contributed by atoms with Gasteiger partial charge in [-0.1, -0.05) is 11.3 Å². The predicted octanol–water partition coefficient (Wildman–Crippen LogP) is 2.25. The molecule has 0 aliphatic carbocycles. The lowest BCUT2D eigenvalue weighted by Crippen LogP contribution is -2.17. The summed E-state index contributed by atoms with van der Waals surface area (Å²) in [7, 11) is 0. The van der Waals surface area contributed by atoms with E-state index >= 15 is 0 Å². The predicted molar refractivity (Wildman–Crippen MR) is 116 cm³/mol. The van der Waals surface area contributed by atoms with Crippen molar-refractivity contribution in [3.63, 3.8) is 0 Å². The van der Waals surface area contributed by atoms with Crippen LogP contribution in [0, 0.1) is 11.3 Å². The van der Waals surface area contributed by atoms with E-state index < -0.39 is 0 Å². The van der Waals surface area contributed by atoms with Gasteiger partial charge in [0.15, 0.2) is 0 Å². The molecule has 31 heavy (non-hydrogen) atoms. The SMILES string of the molecule is N#CCNCc1ccc2nc(Cn3cc(-c4cncc(N5CCCC5)c4)nn3)cn2c1. The first-order chi connectivity index (χ1) is 15.3. The largest absolute Gasteiger partial charge is 0.370 e. The Hall–Kier alpha value is -3.77. The van der Waals surface area contributed by atoms with Crippen LogP contribution in [0.1, 0.15) is 24.1 Å². The summed E-state index contributed by atoms with van der Waals surface area (Å²) in [5.74, 6) is 0. The van der Waals surface area contributed by atoms with Crippen molar-refractivity contribution in [2.75, 3.05) is 24.5 Å². The number of nitrogens with one attached hydrogen (secondary N) is 1. The molecule has 1 aliphatic rings. The second kappa shape index (κ2) is 8.53. The van der Waals surface area contributed by atoms with E-state index in [2.05, 4.69) is 42.6 Å². The van der Waals surface area contributed by atoms with Gasteiger partial charge in [0.05, 0.1) is 42.9 Å². The Balaban J connectivity index is 1.31. The van der Waals surface area contributed by atoms with Gasteiger partial charge in [0.2, 0.25) is 0 Å². The van der Waals surface area contributed by atoms with Crippen molar-refractivity contribution in [1.82, 2.24) is 34.7 Å². The number of rotatable bonds is 7. The Bertz CT molecular complexity index is 1230. The van der Waals surface area contributed by atoms with Gasteiger partial charge in [-0.05, 0) is 30.5 Å². The van der Waals surface area contributed by atoms with Crippen LogP contribution in [0.25, 0.3) is 16.9 Å². The molecule has 4 aromatic rings. The van der Waals surface area contributed by atoms with E-state index in [0.29, 0.717) is 19.6 Å². The van der Waals surface area contributed by atoms with Crippen molar-refractivity contribution >= 4 is 11.3 Å². The van der Waals surface area contributed by atoms with Gasteiger partial charge in [-0.3, -0.25) is 4.98 Å². The van der Waals surface area contributed by atoms with E-state index in [1.165, 1.54) is 12.8 Å². The average Bonchev–Trinajstić information content (AvgIpc) is 3.55. The molecule has 0 aromatic carbocycles. The lowest BCUT2D eigenvalue weighted by atomic mass is 10.2. The fraction of sp³-hybridized carbons (Fsp3) is 0.318. The molecule has 0 amide bonds. The van der Waals surface area contributed by atoms with Crippen LogP contribution >= 0.6 is 0 Å². The van der Waals surface area contributed by atoms with Crippen molar-refractivity contribution in [3.05, 3.63) is 60.4 Å². The van der Waals surface area contributed by atoms with Crippen LogP contribution in [0.3, 0.4) is 0 Å². The third-order valence-electron chi connectivity index (χ3n) is 5.45. The van der Waals surface area contributed by atoms with E-state index in [1.807, 2.05) is 47.5 Å². The standard InChI is InChI=1S/C22H23N9/c23-5-6-24-10-17-3-4-22-26-19(14-30(22)13-17)15-31-16-21(27-28-31)18-9-20(12-25-11-18)29-7-1-2-8-29/h3-4,9,11-14,16,24H,1-2,6-8,10,15H2. The molecule has 1 N–H and O–H groups in total. The Labute approximate surface area is 180 Å². The minimum absolute atomic E-state index is 0.332. The van der Waals surface area contributed by atoms with E-state index in [4.69, 9.17) is 5.26 Å². The van der Waals surface area contributed by atoms with Gasteiger partial charge in [-0.2, -0.15) is 5.26 Å². The van der Waals surface area contributed by atoms with Crippen LogP contribution in [0.5, 0.6) is 0 Å². The summed E-state index contributed by atoms with van der Waals surface area (Å²) in [6.45, 7) is 3.69. The molecule has 0 radical (unpaired) electrons. The van der Waals surface area contributed by atoms with Crippen LogP contribution in [0.2, 0.25) is 0 Å². The smallest absolute Gasteiger partial charge is 0.137 e. The zero-order valence-corrected chi connectivity index (χ0v) is 17.1. The molecule has 9 nitrogen and oxygen atoms in total. The maximum atomic E-state index is 8.65. The van der Waals surface area contributed by atoms with Crippen molar-refractivity contribution in [3.8, 4) is 17.3 Å². The van der Waals surface area contributed by atoms with E-state index in [1.54, 1.807) is 4.68 Å². The molecule has 0 unspecified atom stereocenters. The van der Waals surface area contributed by atoms with Crippen molar-refractivity contribution < 1.29 is 0 Å². The molecular weight excluding hydrogens is 390 g/mol. The first-order valence-electron chi connectivity index (χ1n) is 10.4. The second-order valence-corrected chi connectivity index (χ2v) is 7.72. The summed E-state index contributed by atoms with van der Waals surface area (Å²) in [4.78, 5) is 11.4. The van der Waals surface area contributed by atoms with Crippen LogP contribution in [0.15, 0.2) is 49.2 Å². The van der Waals surface area contributed by atoms with Crippen molar-refractivity contribution in [2.45, 2.75) is 25.9 Å². The van der Waals surface area contributed by atoms with E-state index in [-0.39, 0.29) is 0 Å². The lowest BCUT2D eigenvalue weighted by molar-refractivity contribution is 0.641. The molecule has 5 heterocycles. The average molecular weight is 413 g/mol. The maximum Gasteiger partial charge on any atom is 0.137 e. The molecule has 0 saturated carbocycles. The number of aromatic nitrogens is 6. The molecule has 4 aromatic heterocycles. The number of nitriles is 1. The Morgan fingerprint density at radius 2 is 2.00 bits per heavy atom. The van der Waals surface area contributed by atoms with Gasteiger partial charge in [-0.25, -0.2) is 9.67 Å². The number of anilines is 1. The normalized spacial score (nSPS) is 13.7. The molecule has 5 rings (SSSR count). The summed E-state index contributed by atoms with van der Waals surface area (Å²) < 4.78 is 3.80. The monoisotopic (exact) mass is 413 g/mol. The summed E-state index contributed by atoms with van der Waals surface area (Å²) in [5.41, 5.74) is 5.80. The molecule has 0 bridgehead atoms. The Morgan fingerprint density at radius 1 is 1.10 bits per heavy atom. The van der Waals surface area contributed by atoms with Gasteiger partial charge in [0.25, 0.3) is 0 Å². The summed E-state index contributed by atoms with van der Waals surface area (Å²) in [6.07, 6.45) is 12.2. The van der Waals surface area contributed by atoms with Crippen LogP contribution in [-0.2, 0) is 13.1 Å². The minimum atomic E-state index is 0.332. The van der Waals surface area contributed by atoms with E-state index in [9.17, 15) is 0 Å². The molecule has 1 fully saturated rings.